The van der Waals surface area contributed by atoms with Gasteiger partial charge < -0.3 is 5.32 Å². The van der Waals surface area contributed by atoms with Gasteiger partial charge >= 0.3 is 5.82 Å². The monoisotopic (exact) mass is 620 g/mol. The van der Waals surface area contributed by atoms with E-state index in [0.717, 1.165) is 62.1 Å². The molecule has 2 fully saturated rings. The van der Waals surface area contributed by atoms with Crippen molar-refractivity contribution in [3.63, 3.8) is 0 Å². The molecule has 1 N–H and O–H groups in total. The summed E-state index contributed by atoms with van der Waals surface area (Å²) < 4.78 is 5.21. The Bertz CT molecular complexity index is 1840. The highest BCUT2D eigenvalue weighted by atomic mass is 32.1. The average Bonchev–Trinajstić information content (AvgIpc) is 3.73. The van der Waals surface area contributed by atoms with E-state index in [2.05, 4.69) is 57.9 Å². The van der Waals surface area contributed by atoms with Crippen molar-refractivity contribution in [2.24, 2.45) is 17.3 Å². The van der Waals surface area contributed by atoms with Crippen molar-refractivity contribution >= 4 is 56.7 Å². The quantitative estimate of drug-likeness (QED) is 0.132. The first-order valence-electron chi connectivity index (χ1n) is 16.0. The summed E-state index contributed by atoms with van der Waals surface area (Å²) in [6, 6.07) is 14.3. The molecule has 5 aromatic rings. The molecule has 0 radical (unpaired) electrons. The fourth-order valence-electron chi connectivity index (χ4n) is 7.60. The fourth-order valence-corrected chi connectivity index (χ4v) is 8.47. The highest BCUT2D eigenvalue weighted by molar-refractivity contribution is 7.22. The third-order valence-corrected chi connectivity index (χ3v) is 11.1. The van der Waals surface area contributed by atoms with Crippen LogP contribution in [-0.2, 0) is 6.54 Å². The van der Waals surface area contributed by atoms with Crippen molar-refractivity contribution in [1.29, 1.82) is 0 Å². The molecule has 232 valence electrons. The molecule has 2 bridgehead atoms. The minimum atomic E-state index is 0.355. The maximum absolute atomic E-state index is 5.05. The van der Waals surface area contributed by atoms with E-state index in [1.807, 2.05) is 67.0 Å². The summed E-state index contributed by atoms with van der Waals surface area (Å²) in [5.74, 6) is 4.75. The first kappa shape index (κ1) is 29.5. The Morgan fingerprint density at radius 1 is 1.04 bits per heavy atom. The van der Waals surface area contributed by atoms with E-state index in [1.165, 1.54) is 44.2 Å². The number of rotatable bonds is 9. The molecule has 2 atom stereocenters. The van der Waals surface area contributed by atoms with Crippen LogP contribution in [0.25, 0.3) is 21.3 Å². The molecule has 2 aliphatic rings. The van der Waals surface area contributed by atoms with Gasteiger partial charge in [0.1, 0.15) is 0 Å². The molecule has 0 aliphatic heterocycles. The number of aryl methyl sites for hydroxylation is 1. The second-order valence-electron chi connectivity index (χ2n) is 13.3. The van der Waals surface area contributed by atoms with Crippen molar-refractivity contribution in [3.05, 3.63) is 59.9 Å². The summed E-state index contributed by atoms with van der Waals surface area (Å²) in [5.41, 5.74) is 5.61. The molecular formula is C35H42N9S+. The number of anilines is 4. The van der Waals surface area contributed by atoms with Crippen LogP contribution in [0.4, 0.5) is 28.4 Å². The molecule has 7 rings (SSSR count). The number of aromatic nitrogens is 6. The van der Waals surface area contributed by atoms with E-state index < -0.39 is 0 Å². The number of benzene rings is 1. The Morgan fingerprint density at radius 3 is 2.53 bits per heavy atom. The van der Waals surface area contributed by atoms with Gasteiger partial charge in [-0.1, -0.05) is 43.2 Å². The second kappa shape index (κ2) is 11.6. The Morgan fingerprint density at radius 2 is 1.82 bits per heavy atom. The zero-order valence-corrected chi connectivity index (χ0v) is 27.7. The summed E-state index contributed by atoms with van der Waals surface area (Å²) in [6.45, 7) is 11.8. The van der Waals surface area contributed by atoms with Gasteiger partial charge in [-0.15, -0.1) is 10.2 Å². The van der Waals surface area contributed by atoms with Gasteiger partial charge in [0.25, 0.3) is 0 Å². The third-order valence-electron chi connectivity index (χ3n) is 10.1. The smallest absolute Gasteiger partial charge is 0.314 e. The molecule has 0 spiro atoms. The molecule has 2 unspecified atom stereocenters. The SMILES string of the molecule is C=[N+](C)c1nc(N(C)c2cc(C)c(Nc3nc4ccccc4s3)nn2)ccc1-c1cnn(CC2(CC)CC3CCC(C3)C2)c1C. The van der Waals surface area contributed by atoms with Crippen LogP contribution < -0.4 is 10.2 Å². The number of pyridine rings is 1. The first-order valence-corrected chi connectivity index (χ1v) is 16.8. The topological polar surface area (TPSA) is 87.7 Å². The number of nitrogens with zero attached hydrogens (tertiary/aromatic N) is 8. The largest absolute Gasteiger partial charge is 0.332 e. The Balaban J connectivity index is 1.12. The molecule has 0 saturated heterocycles. The molecule has 45 heavy (non-hydrogen) atoms. The van der Waals surface area contributed by atoms with Crippen molar-refractivity contribution in [2.45, 2.75) is 65.8 Å². The van der Waals surface area contributed by atoms with Gasteiger partial charge in [-0.25, -0.2) is 9.56 Å². The zero-order valence-electron chi connectivity index (χ0n) is 26.9. The van der Waals surface area contributed by atoms with E-state index >= 15 is 0 Å². The van der Waals surface area contributed by atoms with Crippen LogP contribution in [0, 0.1) is 31.1 Å². The lowest BCUT2D eigenvalue weighted by Gasteiger charge is -2.40. The van der Waals surface area contributed by atoms with Gasteiger partial charge in [-0.2, -0.15) is 5.10 Å². The summed E-state index contributed by atoms with van der Waals surface area (Å²) >= 11 is 1.60. The standard InChI is InChI=1S/C35H42N9S/c1-7-35(18-24-12-13-25(17-24)19-35)21-44-23(3)27(20-36-44)26-14-15-30(38-33(26)42(4)5)43(6)31-16-22(2)32(41-40-31)39-34-37-28-10-8-9-11-29(28)45-34/h8-11,14-16,20,24-25H,4,7,12-13,17-19,21H2,1-3,5-6H3,(H,37,39,41)/q+1. The zero-order chi connectivity index (χ0) is 31.3. The summed E-state index contributed by atoms with van der Waals surface area (Å²) in [4.78, 5) is 11.7. The molecule has 0 amide bonds. The number of thiazole rings is 1. The summed E-state index contributed by atoms with van der Waals surface area (Å²) in [5, 5.41) is 18.1. The second-order valence-corrected chi connectivity index (χ2v) is 14.3. The number of para-hydroxylation sites is 1. The maximum Gasteiger partial charge on any atom is 0.332 e. The minimum Gasteiger partial charge on any atom is -0.314 e. The van der Waals surface area contributed by atoms with Gasteiger partial charge in [0, 0.05) is 30.9 Å². The highest BCUT2D eigenvalue weighted by Crippen LogP contribution is 2.53. The van der Waals surface area contributed by atoms with Gasteiger partial charge in [0.2, 0.25) is 5.82 Å². The first-order chi connectivity index (χ1) is 21.7. The molecular weight excluding hydrogens is 579 g/mol. The molecule has 2 aliphatic carbocycles. The van der Waals surface area contributed by atoms with Crippen LogP contribution in [0.1, 0.15) is 56.7 Å². The van der Waals surface area contributed by atoms with Crippen molar-refractivity contribution in [1.82, 2.24) is 29.9 Å². The van der Waals surface area contributed by atoms with E-state index in [4.69, 9.17) is 10.1 Å². The Kier molecular flexibility index (Phi) is 7.63. The molecule has 9 nitrogen and oxygen atoms in total. The molecule has 4 aromatic heterocycles. The Labute approximate surface area is 269 Å². The number of nitrogens with one attached hydrogen (secondary N) is 1. The molecule has 2 saturated carbocycles. The van der Waals surface area contributed by atoms with Gasteiger partial charge in [0.15, 0.2) is 16.8 Å². The van der Waals surface area contributed by atoms with Crippen molar-refractivity contribution in [3.8, 4) is 11.1 Å². The van der Waals surface area contributed by atoms with Gasteiger partial charge in [0.05, 0.1) is 35.7 Å². The summed E-state index contributed by atoms with van der Waals surface area (Å²) in [7, 11) is 3.90. The average molecular weight is 621 g/mol. The van der Waals surface area contributed by atoms with E-state index in [1.54, 1.807) is 11.3 Å². The highest BCUT2D eigenvalue weighted by Gasteiger charge is 2.43. The Hall–Kier alpha value is -4.18. The molecule has 1 aromatic carbocycles. The number of hydrogen-bond donors (Lipinski definition) is 1. The van der Waals surface area contributed by atoms with Crippen LogP contribution in [0.5, 0.6) is 0 Å². The normalized spacial score (nSPS) is 20.9. The van der Waals surface area contributed by atoms with E-state index in [9.17, 15) is 0 Å². The lowest BCUT2D eigenvalue weighted by Crippen LogP contribution is -2.34. The van der Waals surface area contributed by atoms with Crippen LogP contribution in [-0.4, -0.2) is 55.3 Å². The van der Waals surface area contributed by atoms with Crippen LogP contribution in [0.2, 0.25) is 0 Å². The van der Waals surface area contributed by atoms with E-state index in [0.29, 0.717) is 17.1 Å². The maximum atomic E-state index is 5.05. The predicted octanol–water partition coefficient (Wildman–Crippen LogP) is 8.05. The fraction of sp³-hybridized carbons (Fsp3) is 0.429. The van der Waals surface area contributed by atoms with Crippen molar-refractivity contribution < 1.29 is 4.58 Å². The number of fused-ring (bicyclic) bond motifs is 3. The summed E-state index contributed by atoms with van der Waals surface area (Å²) in [6.07, 6.45) is 10.2. The lowest BCUT2D eigenvalue weighted by atomic mass is 9.67. The molecule has 10 heteroatoms. The van der Waals surface area contributed by atoms with Gasteiger partial charge in [-0.3, -0.25) is 9.58 Å². The van der Waals surface area contributed by atoms with Crippen LogP contribution >= 0.6 is 11.3 Å². The van der Waals surface area contributed by atoms with Crippen LogP contribution in [0.3, 0.4) is 0 Å². The third kappa shape index (κ3) is 5.60. The lowest BCUT2D eigenvalue weighted by molar-refractivity contribution is -0.398. The van der Waals surface area contributed by atoms with E-state index in [-0.39, 0.29) is 0 Å². The van der Waals surface area contributed by atoms with Crippen molar-refractivity contribution in [2.75, 3.05) is 24.3 Å². The van der Waals surface area contributed by atoms with Gasteiger partial charge in [-0.05, 0) is 91.6 Å². The van der Waals surface area contributed by atoms with Crippen LogP contribution in [0.15, 0.2) is 48.7 Å². The number of hydrogen-bond acceptors (Lipinski definition) is 8. The predicted molar refractivity (Wildman–Crippen MR) is 184 cm³/mol. The molecule has 4 heterocycles. The minimum absolute atomic E-state index is 0.355.